The van der Waals surface area contributed by atoms with Crippen molar-refractivity contribution in [2.24, 2.45) is 4.99 Å². The number of aromatic nitrogens is 1. The summed E-state index contributed by atoms with van der Waals surface area (Å²) in [6.45, 7) is 6.21. The summed E-state index contributed by atoms with van der Waals surface area (Å²) in [4.78, 5) is 32.1. The Bertz CT molecular complexity index is 1840. The molecule has 0 amide bonds. The molecule has 8 nitrogen and oxygen atoms in total. The Kier molecular flexibility index (Phi) is 9.06. The molecule has 4 aromatic rings. The molecule has 1 atom stereocenters. The van der Waals surface area contributed by atoms with Gasteiger partial charge in [-0.3, -0.25) is 9.36 Å². The molecule has 0 fully saturated rings. The smallest absolute Gasteiger partial charge is 0.338 e. The zero-order valence-electron chi connectivity index (χ0n) is 24.3. The number of thiazole rings is 1. The first-order valence-corrected chi connectivity index (χ1v) is 14.6. The van der Waals surface area contributed by atoms with E-state index in [4.69, 9.17) is 18.9 Å². The minimum atomic E-state index is -0.718. The molecule has 10 heteroatoms. The molecule has 1 aliphatic rings. The number of esters is 1. The molecule has 0 bridgehead atoms. The van der Waals surface area contributed by atoms with Crippen molar-refractivity contribution >= 4 is 23.4 Å². The molecule has 2 heterocycles. The summed E-state index contributed by atoms with van der Waals surface area (Å²) in [5.74, 6) is 0.874. The van der Waals surface area contributed by atoms with Crippen molar-refractivity contribution in [3.63, 3.8) is 0 Å². The van der Waals surface area contributed by atoms with Crippen LogP contribution in [0, 0.1) is 5.82 Å². The summed E-state index contributed by atoms with van der Waals surface area (Å²) in [5, 5.41) is 0. The Hall–Kier alpha value is -4.70. The first-order valence-electron chi connectivity index (χ1n) is 13.8. The standard InChI is InChI=1S/C33H31FN2O6S/c1-5-40-27-17-22(9-16-26(27)42-19-21-7-12-24(34)13-8-21)18-28-31(37)36-30(23-10-14-25(39-4)15-11-23)29(32(38)41-6-2)20(3)35-33(36)43-28/h7-18,30H,5-6,19H2,1-4H3/b28-18+/t30-/m1/s1. The average Bonchev–Trinajstić information content (AvgIpc) is 3.31. The Morgan fingerprint density at radius 3 is 2.42 bits per heavy atom. The number of benzene rings is 3. The van der Waals surface area contributed by atoms with Gasteiger partial charge in [-0.15, -0.1) is 0 Å². The lowest BCUT2D eigenvalue weighted by Gasteiger charge is -2.24. The number of fused-ring (bicyclic) bond motifs is 1. The molecule has 3 aromatic carbocycles. The Morgan fingerprint density at radius 1 is 1.00 bits per heavy atom. The Morgan fingerprint density at radius 2 is 1.74 bits per heavy atom. The van der Waals surface area contributed by atoms with E-state index in [2.05, 4.69) is 4.99 Å². The molecule has 1 aromatic heterocycles. The van der Waals surface area contributed by atoms with Gasteiger partial charge in [-0.2, -0.15) is 0 Å². The largest absolute Gasteiger partial charge is 0.497 e. The maximum atomic E-state index is 13.9. The molecule has 5 rings (SSSR count). The monoisotopic (exact) mass is 602 g/mol. The van der Waals surface area contributed by atoms with Gasteiger partial charge in [0.25, 0.3) is 5.56 Å². The summed E-state index contributed by atoms with van der Waals surface area (Å²) < 4.78 is 37.7. The number of hydrogen-bond donors (Lipinski definition) is 0. The van der Waals surface area contributed by atoms with Crippen LogP contribution in [-0.4, -0.2) is 30.9 Å². The Balaban J connectivity index is 1.54. The second-order valence-electron chi connectivity index (χ2n) is 9.63. The summed E-state index contributed by atoms with van der Waals surface area (Å²) in [6, 6.07) is 18.0. The molecule has 43 heavy (non-hydrogen) atoms. The molecule has 0 saturated carbocycles. The molecule has 0 unspecified atom stereocenters. The fourth-order valence-electron chi connectivity index (χ4n) is 4.79. The highest BCUT2D eigenvalue weighted by Crippen LogP contribution is 2.32. The minimum Gasteiger partial charge on any atom is -0.497 e. The highest BCUT2D eigenvalue weighted by molar-refractivity contribution is 7.07. The zero-order chi connectivity index (χ0) is 30.5. The average molecular weight is 603 g/mol. The first kappa shape index (κ1) is 29.8. The van der Waals surface area contributed by atoms with Gasteiger partial charge in [-0.05, 0) is 79.9 Å². The van der Waals surface area contributed by atoms with Crippen molar-refractivity contribution in [1.29, 1.82) is 0 Å². The van der Waals surface area contributed by atoms with E-state index in [-0.39, 0.29) is 24.6 Å². The normalized spacial score (nSPS) is 14.6. The summed E-state index contributed by atoms with van der Waals surface area (Å²) in [5.41, 5.74) is 2.80. The molecule has 0 spiro atoms. The van der Waals surface area contributed by atoms with Crippen LogP contribution in [0.5, 0.6) is 17.2 Å². The number of methoxy groups -OCH3 is 1. The SMILES string of the molecule is CCOC(=O)C1=C(C)N=c2s/c(=C/c3ccc(OCc4ccc(F)cc4)c(OCC)c3)c(=O)n2[C@@H]1c1ccc(OC)cc1. The molecule has 0 saturated heterocycles. The van der Waals surface area contributed by atoms with Crippen LogP contribution < -0.4 is 29.1 Å². The van der Waals surface area contributed by atoms with E-state index in [9.17, 15) is 14.0 Å². The molecule has 0 N–H and O–H groups in total. The van der Waals surface area contributed by atoms with Crippen molar-refractivity contribution in [3.05, 3.63) is 120 Å². The third kappa shape index (κ3) is 6.39. The zero-order valence-corrected chi connectivity index (χ0v) is 25.1. The van der Waals surface area contributed by atoms with Gasteiger partial charge >= 0.3 is 5.97 Å². The van der Waals surface area contributed by atoms with Crippen LogP contribution in [0.2, 0.25) is 0 Å². The van der Waals surface area contributed by atoms with E-state index >= 15 is 0 Å². The molecule has 0 aliphatic carbocycles. The van der Waals surface area contributed by atoms with Crippen molar-refractivity contribution in [2.45, 2.75) is 33.4 Å². The van der Waals surface area contributed by atoms with Crippen LogP contribution in [-0.2, 0) is 16.1 Å². The van der Waals surface area contributed by atoms with E-state index in [0.717, 1.165) is 16.7 Å². The Labute approximate surface area is 252 Å². The van der Waals surface area contributed by atoms with Crippen molar-refractivity contribution < 1.29 is 28.1 Å². The molecule has 1 aliphatic heterocycles. The highest BCUT2D eigenvalue weighted by Gasteiger charge is 2.33. The maximum Gasteiger partial charge on any atom is 0.338 e. The number of nitrogens with zero attached hydrogens (tertiary/aromatic N) is 2. The van der Waals surface area contributed by atoms with Crippen molar-refractivity contribution in [3.8, 4) is 17.2 Å². The van der Waals surface area contributed by atoms with Crippen molar-refractivity contribution in [2.75, 3.05) is 20.3 Å². The van der Waals surface area contributed by atoms with Gasteiger partial charge in [0, 0.05) is 0 Å². The van der Waals surface area contributed by atoms with Crippen LogP contribution in [0.1, 0.15) is 43.5 Å². The van der Waals surface area contributed by atoms with E-state index in [1.54, 1.807) is 68.0 Å². The third-order valence-corrected chi connectivity index (χ3v) is 7.80. The lowest BCUT2D eigenvalue weighted by atomic mass is 9.96. The maximum absolute atomic E-state index is 13.9. The van der Waals surface area contributed by atoms with Gasteiger partial charge in [0.05, 0.1) is 42.2 Å². The number of hydrogen-bond acceptors (Lipinski definition) is 8. The highest BCUT2D eigenvalue weighted by atomic mass is 32.1. The number of carbonyl (C=O) groups is 1. The lowest BCUT2D eigenvalue weighted by molar-refractivity contribution is -0.139. The van der Waals surface area contributed by atoms with Gasteiger partial charge in [0.15, 0.2) is 16.3 Å². The van der Waals surface area contributed by atoms with Crippen LogP contribution in [0.3, 0.4) is 0 Å². The number of carbonyl (C=O) groups excluding carboxylic acids is 1. The van der Waals surface area contributed by atoms with Crippen LogP contribution in [0.15, 0.2) is 87.8 Å². The molecule has 0 radical (unpaired) electrons. The summed E-state index contributed by atoms with van der Waals surface area (Å²) >= 11 is 1.24. The van der Waals surface area contributed by atoms with Crippen molar-refractivity contribution in [1.82, 2.24) is 4.57 Å². The van der Waals surface area contributed by atoms with Gasteiger partial charge in [0.1, 0.15) is 18.2 Å². The predicted octanol–water partition coefficient (Wildman–Crippen LogP) is 4.92. The first-order chi connectivity index (χ1) is 20.8. The quantitative estimate of drug-likeness (QED) is 0.240. The fourth-order valence-corrected chi connectivity index (χ4v) is 5.83. The van der Waals surface area contributed by atoms with E-state index in [0.29, 0.717) is 44.5 Å². The predicted molar refractivity (Wildman–Crippen MR) is 162 cm³/mol. The lowest BCUT2D eigenvalue weighted by Crippen LogP contribution is -2.39. The number of allylic oxidation sites excluding steroid dienone is 1. The van der Waals surface area contributed by atoms with Gasteiger partial charge < -0.3 is 18.9 Å². The second kappa shape index (κ2) is 13.1. The van der Waals surface area contributed by atoms with Crippen LogP contribution >= 0.6 is 11.3 Å². The topological polar surface area (TPSA) is 88.4 Å². The van der Waals surface area contributed by atoms with Crippen LogP contribution in [0.4, 0.5) is 4.39 Å². The van der Waals surface area contributed by atoms with Gasteiger partial charge in [0.2, 0.25) is 0 Å². The molecule has 222 valence electrons. The number of rotatable bonds is 10. The summed E-state index contributed by atoms with van der Waals surface area (Å²) in [6.07, 6.45) is 1.77. The van der Waals surface area contributed by atoms with Gasteiger partial charge in [-0.1, -0.05) is 41.7 Å². The number of halogens is 1. The minimum absolute atomic E-state index is 0.196. The summed E-state index contributed by atoms with van der Waals surface area (Å²) in [7, 11) is 1.58. The fraction of sp³-hybridized carbons (Fsp3) is 0.242. The molecular weight excluding hydrogens is 571 g/mol. The number of ether oxygens (including phenoxy) is 4. The van der Waals surface area contributed by atoms with E-state index < -0.39 is 12.0 Å². The van der Waals surface area contributed by atoms with Gasteiger partial charge in [-0.25, -0.2) is 14.2 Å². The third-order valence-electron chi connectivity index (χ3n) is 6.82. The van der Waals surface area contributed by atoms with Crippen LogP contribution in [0.25, 0.3) is 6.08 Å². The van der Waals surface area contributed by atoms with E-state index in [1.807, 2.05) is 25.1 Å². The van der Waals surface area contributed by atoms with E-state index in [1.165, 1.54) is 23.5 Å². The molecular formula is C33H31FN2O6S. The second-order valence-corrected chi connectivity index (χ2v) is 10.6.